The molecule has 2 N–H and O–H groups in total. The minimum Gasteiger partial charge on any atom is -0.305 e. The summed E-state index contributed by atoms with van der Waals surface area (Å²) >= 11 is 0. The van der Waals surface area contributed by atoms with Crippen LogP contribution in [0.5, 0.6) is 0 Å². The zero-order valence-electron chi connectivity index (χ0n) is 7.29. The lowest BCUT2D eigenvalue weighted by molar-refractivity contribution is 1.06. The first-order chi connectivity index (χ1) is 6.27. The number of nitrogens with one attached hydrogen (secondary N) is 2. The normalized spacial score (nSPS) is 10.2. The van der Waals surface area contributed by atoms with Crippen LogP contribution in [-0.2, 0) is 0 Å². The number of benzene rings is 1. The fourth-order valence-electron chi connectivity index (χ4n) is 1.33. The fourth-order valence-corrected chi connectivity index (χ4v) is 1.33. The number of hydrogen-bond donors (Lipinski definition) is 2. The predicted octanol–water partition coefficient (Wildman–Crippen LogP) is 1.68. The summed E-state index contributed by atoms with van der Waals surface area (Å²) in [5, 5.41) is 5.18. The minimum atomic E-state index is -0.0781. The smallest absolute Gasteiger partial charge is 0.271 e. The van der Waals surface area contributed by atoms with Crippen molar-refractivity contribution in [1.29, 1.82) is 0 Å². The van der Waals surface area contributed by atoms with E-state index in [1.54, 1.807) is 6.20 Å². The Morgan fingerprint density at radius 3 is 2.77 bits per heavy atom. The fraction of sp³-hybridized carbons (Fsp3) is 0.100. The molecule has 0 saturated heterocycles. The lowest BCUT2D eigenvalue weighted by Gasteiger charge is -1.96. The van der Waals surface area contributed by atoms with E-state index in [-0.39, 0.29) is 5.56 Å². The molecule has 0 bridgehead atoms. The van der Waals surface area contributed by atoms with Crippen molar-refractivity contribution in [2.75, 3.05) is 0 Å². The molecule has 0 spiro atoms. The lowest BCUT2D eigenvalue weighted by atomic mass is 10.1. The summed E-state index contributed by atoms with van der Waals surface area (Å²) < 4.78 is 0. The van der Waals surface area contributed by atoms with Crippen molar-refractivity contribution in [3.05, 3.63) is 46.4 Å². The maximum Gasteiger partial charge on any atom is 0.271 e. The van der Waals surface area contributed by atoms with Crippen molar-refractivity contribution in [3.63, 3.8) is 0 Å². The van der Waals surface area contributed by atoms with Gasteiger partial charge >= 0.3 is 0 Å². The lowest BCUT2D eigenvalue weighted by Crippen LogP contribution is -2.01. The van der Waals surface area contributed by atoms with E-state index in [1.165, 1.54) is 0 Å². The average Bonchev–Trinajstić information content (AvgIpc) is 2.51. The van der Waals surface area contributed by atoms with E-state index in [4.69, 9.17) is 0 Å². The second kappa shape index (κ2) is 2.94. The second-order valence-electron chi connectivity index (χ2n) is 3.03. The van der Waals surface area contributed by atoms with Gasteiger partial charge in [0.05, 0.1) is 5.56 Å². The molecule has 1 aromatic carbocycles. The van der Waals surface area contributed by atoms with Crippen LogP contribution >= 0.6 is 0 Å². The number of hydrogen-bond acceptors (Lipinski definition) is 1. The van der Waals surface area contributed by atoms with Crippen LogP contribution in [0, 0.1) is 6.92 Å². The number of H-pyrrole nitrogens is 2. The van der Waals surface area contributed by atoms with E-state index in [9.17, 15) is 4.79 Å². The van der Waals surface area contributed by atoms with E-state index in [1.807, 2.05) is 31.2 Å². The molecular weight excluding hydrogens is 164 g/mol. The van der Waals surface area contributed by atoms with E-state index in [0.717, 1.165) is 11.1 Å². The summed E-state index contributed by atoms with van der Waals surface area (Å²) in [5.74, 6) is 0. The zero-order chi connectivity index (χ0) is 9.26. The first-order valence-corrected chi connectivity index (χ1v) is 4.10. The van der Waals surface area contributed by atoms with E-state index >= 15 is 0 Å². The van der Waals surface area contributed by atoms with Crippen LogP contribution in [0.4, 0.5) is 0 Å². The molecule has 0 atom stereocenters. The zero-order valence-corrected chi connectivity index (χ0v) is 7.29. The van der Waals surface area contributed by atoms with Crippen molar-refractivity contribution in [1.82, 2.24) is 10.2 Å². The van der Waals surface area contributed by atoms with Gasteiger partial charge in [-0.05, 0) is 12.5 Å². The van der Waals surface area contributed by atoms with Gasteiger partial charge in [0, 0.05) is 6.20 Å². The molecule has 1 heterocycles. The molecule has 0 aliphatic rings. The molecule has 0 saturated carbocycles. The van der Waals surface area contributed by atoms with Crippen molar-refractivity contribution in [2.45, 2.75) is 6.92 Å². The molecule has 3 nitrogen and oxygen atoms in total. The van der Waals surface area contributed by atoms with Crippen molar-refractivity contribution < 1.29 is 0 Å². The van der Waals surface area contributed by atoms with E-state index in [0.29, 0.717) is 5.56 Å². The maximum atomic E-state index is 11.2. The molecule has 66 valence electrons. The van der Waals surface area contributed by atoms with E-state index < -0.39 is 0 Å². The van der Waals surface area contributed by atoms with Crippen LogP contribution in [0.3, 0.4) is 0 Å². The van der Waals surface area contributed by atoms with Crippen LogP contribution in [-0.4, -0.2) is 10.2 Å². The number of aromatic amines is 2. The maximum absolute atomic E-state index is 11.2. The number of rotatable bonds is 1. The molecule has 2 rings (SSSR count). The molecule has 0 fully saturated rings. The number of aromatic nitrogens is 2. The van der Waals surface area contributed by atoms with Crippen molar-refractivity contribution >= 4 is 0 Å². The Morgan fingerprint density at radius 1 is 1.31 bits per heavy atom. The van der Waals surface area contributed by atoms with Crippen molar-refractivity contribution in [2.24, 2.45) is 0 Å². The Kier molecular flexibility index (Phi) is 1.77. The SMILES string of the molecule is Cc1cccc(-c2c[nH][nH]c2=O)c1. The molecule has 0 aliphatic heterocycles. The summed E-state index contributed by atoms with van der Waals surface area (Å²) in [6, 6.07) is 7.85. The molecule has 2 aromatic rings. The highest BCUT2D eigenvalue weighted by molar-refractivity contribution is 5.62. The second-order valence-corrected chi connectivity index (χ2v) is 3.03. The van der Waals surface area contributed by atoms with Crippen LogP contribution in [0.1, 0.15) is 5.56 Å². The Balaban J connectivity index is 2.59. The van der Waals surface area contributed by atoms with Gasteiger partial charge in [-0.1, -0.05) is 29.8 Å². The molecular formula is C10H10N2O. The molecule has 0 unspecified atom stereocenters. The highest BCUT2D eigenvalue weighted by Gasteiger charge is 2.02. The van der Waals surface area contributed by atoms with Gasteiger partial charge in [-0.25, -0.2) is 0 Å². The van der Waals surface area contributed by atoms with Gasteiger partial charge in [0.1, 0.15) is 0 Å². The monoisotopic (exact) mass is 174 g/mol. The largest absolute Gasteiger partial charge is 0.305 e. The van der Waals surface area contributed by atoms with Crippen molar-refractivity contribution in [3.8, 4) is 11.1 Å². The van der Waals surface area contributed by atoms with Crippen LogP contribution in [0.15, 0.2) is 35.3 Å². The van der Waals surface area contributed by atoms with Crippen LogP contribution in [0.2, 0.25) is 0 Å². The quantitative estimate of drug-likeness (QED) is 0.678. The van der Waals surface area contributed by atoms with Crippen LogP contribution in [0.25, 0.3) is 11.1 Å². The summed E-state index contributed by atoms with van der Waals surface area (Å²) in [6.45, 7) is 2.00. The van der Waals surface area contributed by atoms with Gasteiger partial charge in [-0.3, -0.25) is 9.89 Å². The van der Waals surface area contributed by atoms with Gasteiger partial charge in [0.15, 0.2) is 0 Å². The molecule has 0 amide bonds. The Morgan fingerprint density at radius 2 is 2.15 bits per heavy atom. The van der Waals surface area contributed by atoms with Gasteiger partial charge in [-0.2, -0.15) is 0 Å². The highest BCUT2D eigenvalue weighted by atomic mass is 16.1. The van der Waals surface area contributed by atoms with Gasteiger partial charge in [-0.15, -0.1) is 0 Å². The third-order valence-electron chi connectivity index (χ3n) is 1.98. The number of aryl methyl sites for hydroxylation is 1. The third-order valence-corrected chi connectivity index (χ3v) is 1.98. The molecule has 0 aliphatic carbocycles. The average molecular weight is 174 g/mol. The van der Waals surface area contributed by atoms with Gasteiger partial charge < -0.3 is 5.10 Å². The molecule has 13 heavy (non-hydrogen) atoms. The molecule has 3 heteroatoms. The Hall–Kier alpha value is -1.77. The summed E-state index contributed by atoms with van der Waals surface area (Å²) in [4.78, 5) is 11.2. The minimum absolute atomic E-state index is 0.0781. The van der Waals surface area contributed by atoms with Crippen LogP contribution < -0.4 is 5.56 Å². The molecule has 1 aromatic heterocycles. The third kappa shape index (κ3) is 1.40. The summed E-state index contributed by atoms with van der Waals surface area (Å²) in [5.41, 5.74) is 2.70. The first kappa shape index (κ1) is 7.86. The van der Waals surface area contributed by atoms with Gasteiger partial charge in [0.2, 0.25) is 0 Å². The summed E-state index contributed by atoms with van der Waals surface area (Å²) in [7, 11) is 0. The standard InChI is InChI=1S/C10H10N2O/c1-7-3-2-4-8(5-7)9-6-11-12-10(9)13/h2-6H,1H3,(H2,11,12,13). The Labute approximate surface area is 75.4 Å². The summed E-state index contributed by atoms with van der Waals surface area (Å²) in [6.07, 6.45) is 1.68. The molecule has 0 radical (unpaired) electrons. The Bertz CT molecular complexity index is 468. The van der Waals surface area contributed by atoms with E-state index in [2.05, 4.69) is 10.2 Å². The topological polar surface area (TPSA) is 48.6 Å². The van der Waals surface area contributed by atoms with Gasteiger partial charge in [0.25, 0.3) is 5.56 Å². The highest BCUT2D eigenvalue weighted by Crippen LogP contribution is 2.14. The first-order valence-electron chi connectivity index (χ1n) is 4.10. The predicted molar refractivity (Wildman–Crippen MR) is 51.6 cm³/mol.